The molecule has 0 saturated carbocycles. The van der Waals surface area contributed by atoms with E-state index >= 15 is 0 Å². The fourth-order valence-electron chi connectivity index (χ4n) is 0.562. The van der Waals surface area contributed by atoms with Gasteiger partial charge in [-0.15, -0.1) is 0 Å². The van der Waals surface area contributed by atoms with Crippen molar-refractivity contribution in [1.82, 2.24) is 0 Å². The largest absolute Gasteiger partial charge is 0.478 e. The van der Waals surface area contributed by atoms with Crippen LogP contribution in [0, 0.1) is 0 Å². The molecule has 0 aromatic heterocycles. The first-order valence-corrected chi connectivity index (χ1v) is 3.96. The third-order valence-corrected chi connectivity index (χ3v) is 1.22. The fraction of sp³-hybridized carbons (Fsp3) is 0.333. The van der Waals surface area contributed by atoms with Gasteiger partial charge in [-0.3, -0.25) is 0 Å². The molecule has 0 aliphatic rings. The van der Waals surface area contributed by atoms with E-state index in [4.69, 9.17) is 10.2 Å². The van der Waals surface area contributed by atoms with Crippen molar-refractivity contribution in [2.24, 2.45) is 0 Å². The molecular formula is C9H12O5. The molecule has 0 atom stereocenters. The van der Waals surface area contributed by atoms with E-state index in [2.05, 4.69) is 11.3 Å². The van der Waals surface area contributed by atoms with Crippen molar-refractivity contribution in [3.63, 3.8) is 0 Å². The molecule has 2 N–H and O–H groups in total. The lowest BCUT2D eigenvalue weighted by molar-refractivity contribution is -0.138. The van der Waals surface area contributed by atoms with Crippen molar-refractivity contribution in [3.8, 4) is 0 Å². The zero-order chi connectivity index (χ0) is 11.0. The summed E-state index contributed by atoms with van der Waals surface area (Å²) in [7, 11) is 0. The first-order valence-electron chi connectivity index (χ1n) is 3.96. The number of carboxylic acid groups (broad SMARTS) is 1. The summed E-state index contributed by atoms with van der Waals surface area (Å²) in [6.45, 7) is 3.35. The quantitative estimate of drug-likeness (QED) is 0.275. The highest BCUT2D eigenvalue weighted by Crippen LogP contribution is 1.97. The highest BCUT2D eigenvalue weighted by atomic mass is 16.5. The number of carbonyl (C=O) groups excluding carboxylic acids is 1. The Balaban J connectivity index is 3.88. The Morgan fingerprint density at radius 2 is 2.00 bits per heavy atom. The predicted molar refractivity (Wildman–Crippen MR) is 48.6 cm³/mol. The second-order valence-electron chi connectivity index (χ2n) is 2.41. The molecule has 0 aliphatic heterocycles. The van der Waals surface area contributed by atoms with E-state index in [1.807, 2.05) is 0 Å². The maximum Gasteiger partial charge on any atom is 0.337 e. The Bertz CT molecular complexity index is 254. The Hall–Kier alpha value is -1.62. The SMILES string of the molecule is C=C(C=CC(=O)O)C(=O)OCCCO. The van der Waals surface area contributed by atoms with Gasteiger partial charge in [-0.2, -0.15) is 0 Å². The second-order valence-corrected chi connectivity index (χ2v) is 2.41. The van der Waals surface area contributed by atoms with E-state index in [0.717, 1.165) is 12.2 Å². The average molecular weight is 200 g/mol. The molecule has 0 radical (unpaired) electrons. The molecule has 0 rings (SSSR count). The van der Waals surface area contributed by atoms with Gasteiger partial charge in [-0.05, 0) is 6.08 Å². The molecular weight excluding hydrogens is 188 g/mol. The van der Waals surface area contributed by atoms with Crippen LogP contribution in [0.15, 0.2) is 24.3 Å². The van der Waals surface area contributed by atoms with Crippen LogP contribution in [0.25, 0.3) is 0 Å². The average Bonchev–Trinajstić information content (AvgIpc) is 2.14. The number of hydrogen-bond acceptors (Lipinski definition) is 4. The maximum atomic E-state index is 11.0. The summed E-state index contributed by atoms with van der Waals surface area (Å²) >= 11 is 0. The number of carbonyl (C=O) groups is 2. The Morgan fingerprint density at radius 3 is 2.50 bits per heavy atom. The van der Waals surface area contributed by atoms with Crippen LogP contribution < -0.4 is 0 Å². The third kappa shape index (κ3) is 5.96. The number of esters is 1. The Morgan fingerprint density at radius 1 is 1.36 bits per heavy atom. The maximum absolute atomic E-state index is 11.0. The number of hydrogen-bond donors (Lipinski definition) is 2. The highest BCUT2D eigenvalue weighted by Gasteiger charge is 2.04. The molecule has 0 aromatic rings. The first-order chi connectivity index (χ1) is 6.57. The van der Waals surface area contributed by atoms with Gasteiger partial charge >= 0.3 is 11.9 Å². The molecule has 0 bridgehead atoms. The van der Waals surface area contributed by atoms with Crippen molar-refractivity contribution >= 4 is 11.9 Å². The summed E-state index contributed by atoms with van der Waals surface area (Å²) in [5.74, 6) is -1.84. The van der Waals surface area contributed by atoms with E-state index < -0.39 is 11.9 Å². The van der Waals surface area contributed by atoms with Gasteiger partial charge < -0.3 is 14.9 Å². The standard InChI is InChI=1S/C9H12O5/c1-7(3-4-8(11)12)9(13)14-6-2-5-10/h3-4,10H,1-2,5-6H2,(H,11,12). The van der Waals surface area contributed by atoms with Gasteiger partial charge in [0.05, 0.1) is 12.2 Å². The van der Waals surface area contributed by atoms with Gasteiger partial charge in [0, 0.05) is 19.1 Å². The van der Waals surface area contributed by atoms with Crippen LogP contribution in [0.3, 0.4) is 0 Å². The molecule has 0 aliphatic carbocycles. The summed E-state index contributed by atoms with van der Waals surface area (Å²) in [6, 6.07) is 0. The smallest absolute Gasteiger partial charge is 0.337 e. The van der Waals surface area contributed by atoms with Gasteiger partial charge in [-0.25, -0.2) is 9.59 Å². The Kier molecular flexibility index (Phi) is 6.06. The Labute approximate surface area is 81.3 Å². The highest BCUT2D eigenvalue weighted by molar-refractivity contribution is 5.93. The predicted octanol–water partition coefficient (Wildman–Crippen LogP) is 0.109. The number of carboxylic acids is 1. The van der Waals surface area contributed by atoms with Crippen molar-refractivity contribution < 1.29 is 24.5 Å². The van der Waals surface area contributed by atoms with Crippen LogP contribution in [-0.2, 0) is 14.3 Å². The summed E-state index contributed by atoms with van der Waals surface area (Å²) in [5.41, 5.74) is -0.0367. The molecule has 0 saturated heterocycles. The molecule has 0 fully saturated rings. The van der Waals surface area contributed by atoms with Crippen molar-refractivity contribution in [2.45, 2.75) is 6.42 Å². The number of aliphatic hydroxyl groups is 1. The van der Waals surface area contributed by atoms with Crippen molar-refractivity contribution in [2.75, 3.05) is 13.2 Å². The summed E-state index contributed by atoms with van der Waals surface area (Å²) in [4.78, 5) is 21.1. The minimum absolute atomic E-state index is 0.0367. The van der Waals surface area contributed by atoms with Crippen molar-refractivity contribution in [1.29, 1.82) is 0 Å². The van der Waals surface area contributed by atoms with Crippen LogP contribution in [0.2, 0.25) is 0 Å². The zero-order valence-electron chi connectivity index (χ0n) is 7.60. The first kappa shape index (κ1) is 12.4. The van der Waals surface area contributed by atoms with E-state index in [0.29, 0.717) is 6.42 Å². The molecule has 5 heteroatoms. The van der Waals surface area contributed by atoms with E-state index in [1.54, 1.807) is 0 Å². The lowest BCUT2D eigenvalue weighted by Crippen LogP contribution is -2.08. The number of rotatable bonds is 6. The summed E-state index contributed by atoms with van der Waals surface area (Å²) in [6.07, 6.45) is 2.21. The zero-order valence-corrected chi connectivity index (χ0v) is 7.60. The van der Waals surface area contributed by atoms with E-state index in [1.165, 1.54) is 0 Å². The normalized spacial score (nSPS) is 10.1. The molecule has 78 valence electrons. The van der Waals surface area contributed by atoms with Gasteiger partial charge in [-0.1, -0.05) is 6.58 Å². The molecule has 0 heterocycles. The number of aliphatic carboxylic acids is 1. The number of ether oxygens (including phenoxy) is 1. The van der Waals surface area contributed by atoms with E-state index in [-0.39, 0.29) is 18.8 Å². The topological polar surface area (TPSA) is 83.8 Å². The molecule has 0 unspecified atom stereocenters. The van der Waals surface area contributed by atoms with Crippen molar-refractivity contribution in [3.05, 3.63) is 24.3 Å². The lowest BCUT2D eigenvalue weighted by atomic mass is 10.3. The van der Waals surface area contributed by atoms with Gasteiger partial charge in [0.15, 0.2) is 0 Å². The molecule has 5 nitrogen and oxygen atoms in total. The van der Waals surface area contributed by atoms with Crippen LogP contribution in [-0.4, -0.2) is 35.4 Å². The summed E-state index contributed by atoms with van der Waals surface area (Å²) in [5, 5.41) is 16.6. The van der Waals surface area contributed by atoms with Gasteiger partial charge in [0.1, 0.15) is 0 Å². The van der Waals surface area contributed by atoms with Gasteiger partial charge in [0.2, 0.25) is 0 Å². The lowest BCUT2D eigenvalue weighted by Gasteiger charge is -2.01. The van der Waals surface area contributed by atoms with E-state index in [9.17, 15) is 9.59 Å². The summed E-state index contributed by atoms with van der Waals surface area (Å²) < 4.78 is 4.63. The number of aliphatic hydroxyl groups excluding tert-OH is 1. The van der Waals surface area contributed by atoms with Crippen LogP contribution in [0.1, 0.15) is 6.42 Å². The van der Waals surface area contributed by atoms with Crippen LogP contribution in [0.4, 0.5) is 0 Å². The molecule has 0 aromatic carbocycles. The van der Waals surface area contributed by atoms with Gasteiger partial charge in [0.25, 0.3) is 0 Å². The minimum atomic E-state index is -1.16. The monoisotopic (exact) mass is 200 g/mol. The minimum Gasteiger partial charge on any atom is -0.478 e. The van der Waals surface area contributed by atoms with Crippen LogP contribution >= 0.6 is 0 Å². The molecule has 14 heavy (non-hydrogen) atoms. The second kappa shape index (κ2) is 6.85. The van der Waals surface area contributed by atoms with Crippen LogP contribution in [0.5, 0.6) is 0 Å². The molecule has 0 amide bonds. The third-order valence-electron chi connectivity index (χ3n) is 1.22. The molecule has 0 spiro atoms. The fourth-order valence-corrected chi connectivity index (χ4v) is 0.562.